The smallest absolute Gasteiger partial charge is 0.277 e. The first-order valence-corrected chi connectivity index (χ1v) is 10.7. The topological polar surface area (TPSA) is 98.2 Å². The molecule has 8 nitrogen and oxygen atoms in total. The number of benzene rings is 3. The lowest BCUT2D eigenvalue weighted by atomic mass is 10.2. The van der Waals surface area contributed by atoms with Gasteiger partial charge >= 0.3 is 0 Å². The molecule has 0 saturated heterocycles. The van der Waals surface area contributed by atoms with Crippen molar-refractivity contribution in [2.75, 3.05) is 25.6 Å². The lowest BCUT2D eigenvalue weighted by Gasteiger charge is -2.11. The summed E-state index contributed by atoms with van der Waals surface area (Å²) >= 11 is 5.81. The number of nitrogens with zero attached hydrogens (tertiary/aromatic N) is 1. The zero-order chi connectivity index (χ0) is 24.3. The maximum atomic E-state index is 12.1. The van der Waals surface area contributed by atoms with Crippen LogP contribution < -0.4 is 25.0 Å². The third kappa shape index (κ3) is 7.83. The fourth-order valence-electron chi connectivity index (χ4n) is 2.75. The highest BCUT2D eigenvalue weighted by atomic mass is 35.5. The van der Waals surface area contributed by atoms with Crippen molar-refractivity contribution >= 4 is 35.3 Å². The maximum Gasteiger partial charge on any atom is 0.277 e. The largest absolute Gasteiger partial charge is 0.493 e. The lowest BCUT2D eigenvalue weighted by Crippen LogP contribution is -2.24. The first-order valence-electron chi connectivity index (χ1n) is 10.3. The molecule has 34 heavy (non-hydrogen) atoms. The van der Waals surface area contributed by atoms with Crippen LogP contribution in [0.3, 0.4) is 0 Å². The molecule has 0 aliphatic heterocycles. The van der Waals surface area contributed by atoms with Crippen LogP contribution in [-0.4, -0.2) is 38.4 Å². The summed E-state index contributed by atoms with van der Waals surface area (Å²) in [6.07, 6.45) is 1.45. The summed E-state index contributed by atoms with van der Waals surface area (Å²) in [7, 11) is 1.49. The molecule has 176 valence electrons. The molecule has 3 rings (SSSR count). The molecular weight excluding hydrogens is 458 g/mol. The number of rotatable bonds is 10. The number of methoxy groups -OCH3 is 1. The van der Waals surface area contributed by atoms with Crippen molar-refractivity contribution in [2.45, 2.75) is 6.92 Å². The third-order valence-electron chi connectivity index (χ3n) is 4.47. The van der Waals surface area contributed by atoms with Gasteiger partial charge in [0.25, 0.3) is 11.8 Å². The van der Waals surface area contributed by atoms with E-state index in [-0.39, 0.29) is 19.1 Å². The van der Waals surface area contributed by atoms with Crippen LogP contribution in [0.4, 0.5) is 5.69 Å². The van der Waals surface area contributed by atoms with Gasteiger partial charge in [-0.25, -0.2) is 5.43 Å². The fourth-order valence-corrected chi connectivity index (χ4v) is 2.88. The zero-order valence-electron chi connectivity index (χ0n) is 18.7. The molecule has 3 aromatic rings. The van der Waals surface area contributed by atoms with Crippen LogP contribution in [0.5, 0.6) is 17.2 Å². The molecule has 0 spiro atoms. The van der Waals surface area contributed by atoms with Gasteiger partial charge in [0.2, 0.25) is 0 Å². The molecule has 0 unspecified atom stereocenters. The van der Waals surface area contributed by atoms with Gasteiger partial charge in [0.15, 0.2) is 24.7 Å². The first kappa shape index (κ1) is 24.6. The molecule has 0 aromatic heterocycles. The summed E-state index contributed by atoms with van der Waals surface area (Å²) in [5.74, 6) is 0.637. The fraction of sp³-hybridized carbons (Fsp3) is 0.160. The van der Waals surface area contributed by atoms with Crippen molar-refractivity contribution in [1.29, 1.82) is 0 Å². The summed E-state index contributed by atoms with van der Waals surface area (Å²) in [5, 5.41) is 7.26. The average Bonchev–Trinajstić information content (AvgIpc) is 2.84. The molecule has 0 aliphatic rings. The Bertz CT molecular complexity index is 1150. The van der Waals surface area contributed by atoms with Crippen LogP contribution in [0.25, 0.3) is 0 Å². The minimum atomic E-state index is -0.419. The van der Waals surface area contributed by atoms with Crippen molar-refractivity contribution in [3.05, 3.63) is 82.9 Å². The van der Waals surface area contributed by atoms with Crippen molar-refractivity contribution in [1.82, 2.24) is 5.43 Å². The number of hydrogen-bond donors (Lipinski definition) is 2. The van der Waals surface area contributed by atoms with Crippen molar-refractivity contribution in [3.63, 3.8) is 0 Å². The molecule has 0 saturated carbocycles. The maximum absolute atomic E-state index is 12.1. The van der Waals surface area contributed by atoms with Gasteiger partial charge in [-0.15, -0.1) is 0 Å². The number of hydrazone groups is 1. The summed E-state index contributed by atoms with van der Waals surface area (Å²) in [6.45, 7) is 1.60. The Balaban J connectivity index is 1.48. The molecular formula is C25H24ClN3O5. The second kappa shape index (κ2) is 12.3. The van der Waals surface area contributed by atoms with Crippen molar-refractivity contribution < 1.29 is 23.8 Å². The molecule has 0 aliphatic carbocycles. The van der Waals surface area contributed by atoms with Crippen LogP contribution >= 0.6 is 11.6 Å². The van der Waals surface area contributed by atoms with E-state index in [2.05, 4.69) is 15.8 Å². The van der Waals surface area contributed by atoms with Gasteiger partial charge < -0.3 is 19.5 Å². The van der Waals surface area contributed by atoms with E-state index in [0.29, 0.717) is 33.5 Å². The number of anilines is 1. The third-order valence-corrected chi connectivity index (χ3v) is 4.72. The van der Waals surface area contributed by atoms with E-state index in [1.807, 2.05) is 31.2 Å². The van der Waals surface area contributed by atoms with Gasteiger partial charge in [0.1, 0.15) is 5.75 Å². The molecule has 0 radical (unpaired) electrons. The van der Waals surface area contributed by atoms with Gasteiger partial charge in [0.05, 0.1) is 13.3 Å². The highest BCUT2D eigenvalue weighted by Gasteiger charge is 2.09. The number of halogens is 1. The Labute approximate surface area is 202 Å². The quantitative estimate of drug-likeness (QED) is 0.334. The Morgan fingerprint density at radius 1 is 0.912 bits per heavy atom. The lowest BCUT2D eigenvalue weighted by molar-refractivity contribution is -0.123. The molecule has 0 bridgehead atoms. The number of hydrogen-bond acceptors (Lipinski definition) is 6. The minimum Gasteiger partial charge on any atom is -0.493 e. The average molecular weight is 482 g/mol. The second-order valence-corrected chi connectivity index (χ2v) is 7.59. The summed E-state index contributed by atoms with van der Waals surface area (Å²) in [4.78, 5) is 24.0. The Kier molecular flexibility index (Phi) is 8.88. The number of carbonyl (C=O) groups excluding carboxylic acids is 2. The Hall–Kier alpha value is -4.04. The molecule has 0 atom stereocenters. The summed E-state index contributed by atoms with van der Waals surface area (Å²) in [6, 6.07) is 19.2. The second-order valence-electron chi connectivity index (χ2n) is 7.15. The van der Waals surface area contributed by atoms with Gasteiger partial charge in [-0.3, -0.25) is 9.59 Å². The monoisotopic (exact) mass is 481 g/mol. The predicted octanol–water partition coefficient (Wildman–Crippen LogP) is 4.20. The Morgan fingerprint density at radius 2 is 1.62 bits per heavy atom. The van der Waals surface area contributed by atoms with Gasteiger partial charge in [-0.05, 0) is 67.1 Å². The van der Waals surface area contributed by atoms with Crippen LogP contribution in [0.1, 0.15) is 11.1 Å². The van der Waals surface area contributed by atoms with Crippen LogP contribution in [0.15, 0.2) is 71.8 Å². The molecule has 3 aromatic carbocycles. The van der Waals surface area contributed by atoms with Crippen molar-refractivity contribution in [2.24, 2.45) is 5.10 Å². The first-order chi connectivity index (χ1) is 16.4. The van der Waals surface area contributed by atoms with E-state index in [9.17, 15) is 9.59 Å². The van der Waals surface area contributed by atoms with E-state index >= 15 is 0 Å². The normalized spacial score (nSPS) is 10.6. The number of aryl methyl sites for hydroxylation is 1. The van der Waals surface area contributed by atoms with Crippen molar-refractivity contribution in [3.8, 4) is 17.2 Å². The van der Waals surface area contributed by atoms with E-state index < -0.39 is 5.91 Å². The highest BCUT2D eigenvalue weighted by molar-refractivity contribution is 6.30. The van der Waals surface area contributed by atoms with E-state index in [1.54, 1.807) is 42.5 Å². The molecule has 2 amide bonds. The minimum absolute atomic E-state index is 0.179. The highest BCUT2D eigenvalue weighted by Crippen LogP contribution is 2.27. The molecule has 0 heterocycles. The van der Waals surface area contributed by atoms with Gasteiger partial charge in [-0.2, -0.15) is 5.10 Å². The number of carbonyl (C=O) groups is 2. The van der Waals surface area contributed by atoms with Crippen LogP contribution in [0.2, 0.25) is 5.02 Å². The van der Waals surface area contributed by atoms with Gasteiger partial charge in [0, 0.05) is 10.7 Å². The van der Waals surface area contributed by atoms with E-state index in [4.69, 9.17) is 25.8 Å². The number of nitrogens with one attached hydrogen (secondary N) is 2. The summed E-state index contributed by atoms with van der Waals surface area (Å²) in [5.41, 5.74) is 4.84. The molecule has 0 fully saturated rings. The van der Waals surface area contributed by atoms with Crippen LogP contribution in [-0.2, 0) is 9.59 Å². The van der Waals surface area contributed by atoms with Crippen LogP contribution in [0, 0.1) is 6.92 Å². The number of ether oxygens (including phenoxy) is 3. The SMILES string of the molecule is COc1cc(/C=N/NC(=O)COc2ccc(Cl)cc2)ccc1OCC(=O)Nc1ccc(C)cc1. The summed E-state index contributed by atoms with van der Waals surface area (Å²) < 4.78 is 16.3. The molecule has 9 heteroatoms. The standard InChI is InChI=1S/C25H24ClN3O5/c1-17-3-8-20(9-4-17)28-24(30)15-34-22-12-5-18(13-23(22)32-2)14-27-29-25(31)16-33-21-10-6-19(26)7-11-21/h3-14H,15-16H2,1-2H3,(H,28,30)(H,29,31)/b27-14+. The van der Waals surface area contributed by atoms with E-state index in [1.165, 1.54) is 13.3 Å². The Morgan fingerprint density at radius 3 is 2.32 bits per heavy atom. The number of amides is 2. The molecule has 2 N–H and O–H groups in total. The van der Waals surface area contributed by atoms with E-state index in [0.717, 1.165) is 5.56 Å². The predicted molar refractivity (Wildman–Crippen MR) is 131 cm³/mol. The van der Waals surface area contributed by atoms with Gasteiger partial charge in [-0.1, -0.05) is 29.3 Å². The zero-order valence-corrected chi connectivity index (χ0v) is 19.5.